The van der Waals surface area contributed by atoms with E-state index in [-0.39, 0.29) is 17.1 Å². The van der Waals surface area contributed by atoms with Crippen molar-refractivity contribution in [3.63, 3.8) is 0 Å². The molecule has 0 radical (unpaired) electrons. The van der Waals surface area contributed by atoms with Crippen molar-refractivity contribution in [3.8, 4) is 16.8 Å². The van der Waals surface area contributed by atoms with Crippen molar-refractivity contribution in [2.24, 2.45) is 0 Å². The summed E-state index contributed by atoms with van der Waals surface area (Å²) in [7, 11) is 0. The standard InChI is InChI=1S/C40H49FN6O4/c1-40(2,3)47(39(50)51)33-17-15-32(16-18-33)46-37(48)35-24-30(41)25-42-36(35)45(38(46)49)34-10-6-7-29(23-34)28-13-11-27(12-14-28)26-43-19-21-44(22-20-43)31-8-4-5-9-31/h6-7,10-14,23-25,31-33H,4-5,8-9,15-22,26H2,1-3H3,(H,50,51). The first-order chi connectivity index (χ1) is 24.5. The molecule has 3 heterocycles. The molecule has 4 aromatic rings. The predicted octanol–water partition coefficient (Wildman–Crippen LogP) is 6.68. The van der Waals surface area contributed by atoms with Gasteiger partial charge in [-0.25, -0.2) is 23.5 Å². The number of pyridine rings is 1. The van der Waals surface area contributed by atoms with E-state index < -0.39 is 34.7 Å². The summed E-state index contributed by atoms with van der Waals surface area (Å²) < 4.78 is 17.2. The Labute approximate surface area is 298 Å². The van der Waals surface area contributed by atoms with Gasteiger partial charge >= 0.3 is 11.8 Å². The number of carbonyl (C=O) groups is 1. The molecule has 51 heavy (non-hydrogen) atoms. The lowest BCUT2D eigenvalue weighted by molar-refractivity contribution is 0.0506. The molecule has 3 fully saturated rings. The van der Waals surface area contributed by atoms with Crippen LogP contribution in [0.15, 0.2) is 70.4 Å². The minimum absolute atomic E-state index is 0.0254. The zero-order valence-electron chi connectivity index (χ0n) is 29.9. The number of carboxylic acid groups (broad SMARTS) is 1. The fourth-order valence-electron chi connectivity index (χ4n) is 8.74. The summed E-state index contributed by atoms with van der Waals surface area (Å²) in [5.74, 6) is -0.660. The number of halogens is 1. The van der Waals surface area contributed by atoms with Crippen LogP contribution in [0.4, 0.5) is 9.18 Å². The number of fused-ring (bicyclic) bond motifs is 1. The molecule has 1 saturated heterocycles. The highest BCUT2D eigenvalue weighted by atomic mass is 19.1. The van der Waals surface area contributed by atoms with Crippen molar-refractivity contribution in [2.45, 2.75) is 102 Å². The zero-order valence-corrected chi connectivity index (χ0v) is 29.9. The molecule has 2 aromatic carbocycles. The van der Waals surface area contributed by atoms with E-state index in [1.54, 1.807) is 6.07 Å². The molecular weight excluding hydrogens is 647 g/mol. The summed E-state index contributed by atoms with van der Waals surface area (Å²) in [5, 5.41) is 9.96. The minimum atomic E-state index is -0.986. The molecule has 0 unspecified atom stereocenters. The highest BCUT2D eigenvalue weighted by molar-refractivity contribution is 5.76. The van der Waals surface area contributed by atoms with Crippen molar-refractivity contribution in [1.29, 1.82) is 0 Å². The Bertz CT molecular complexity index is 2000. The Morgan fingerprint density at radius 2 is 1.57 bits per heavy atom. The lowest BCUT2D eigenvalue weighted by atomic mass is 9.88. The van der Waals surface area contributed by atoms with E-state index in [4.69, 9.17) is 0 Å². The Balaban J connectivity index is 1.14. The van der Waals surface area contributed by atoms with E-state index in [1.165, 1.54) is 45.3 Å². The van der Waals surface area contributed by atoms with Gasteiger partial charge in [0.25, 0.3) is 5.56 Å². The summed E-state index contributed by atoms with van der Waals surface area (Å²) in [6.45, 7) is 11.0. The zero-order chi connectivity index (χ0) is 35.9. The van der Waals surface area contributed by atoms with E-state index in [9.17, 15) is 23.9 Å². The van der Waals surface area contributed by atoms with Gasteiger partial charge in [0, 0.05) is 56.4 Å². The Kier molecular flexibility index (Phi) is 9.86. The van der Waals surface area contributed by atoms with E-state index in [1.807, 2.05) is 39.0 Å². The maximum absolute atomic E-state index is 14.5. The van der Waals surface area contributed by atoms with Gasteiger partial charge in [-0.2, -0.15) is 0 Å². The van der Waals surface area contributed by atoms with E-state index in [0.29, 0.717) is 31.4 Å². The maximum Gasteiger partial charge on any atom is 0.407 e. The van der Waals surface area contributed by atoms with Crippen molar-refractivity contribution >= 4 is 17.1 Å². The smallest absolute Gasteiger partial charge is 0.407 e. The first-order valence-corrected chi connectivity index (χ1v) is 18.5. The third-order valence-corrected chi connectivity index (χ3v) is 11.3. The van der Waals surface area contributed by atoms with Crippen LogP contribution in [0, 0.1) is 5.82 Å². The second-order valence-corrected chi connectivity index (χ2v) is 15.6. The third-order valence-electron chi connectivity index (χ3n) is 11.3. The summed E-state index contributed by atoms with van der Waals surface area (Å²) in [5.41, 5.74) is 2.07. The van der Waals surface area contributed by atoms with Crippen LogP contribution in [0.3, 0.4) is 0 Å². The number of benzene rings is 2. The molecule has 0 spiro atoms. The average molecular weight is 697 g/mol. The maximum atomic E-state index is 14.5. The predicted molar refractivity (Wildman–Crippen MR) is 197 cm³/mol. The molecule has 10 nitrogen and oxygen atoms in total. The number of piperazine rings is 1. The SMILES string of the molecule is CC(C)(C)N(C(=O)O)C1CCC(n2c(=O)c3cc(F)cnc3n(-c3cccc(-c4ccc(CN5CCN(C6CCCC6)CC5)cc4)c3)c2=O)CC1. The molecule has 1 N–H and O–H groups in total. The fraction of sp³-hybridized carbons (Fsp3) is 0.500. The van der Waals surface area contributed by atoms with Crippen LogP contribution in [0.1, 0.15) is 83.7 Å². The van der Waals surface area contributed by atoms with Gasteiger partial charge in [-0.3, -0.25) is 19.2 Å². The van der Waals surface area contributed by atoms with Crippen LogP contribution in [0.2, 0.25) is 0 Å². The number of hydrogen-bond donors (Lipinski definition) is 1. The van der Waals surface area contributed by atoms with Crippen molar-refractivity contribution < 1.29 is 14.3 Å². The number of nitrogens with zero attached hydrogens (tertiary/aromatic N) is 6. The molecule has 1 amide bonds. The monoisotopic (exact) mass is 696 g/mol. The van der Waals surface area contributed by atoms with Gasteiger partial charge in [0.2, 0.25) is 0 Å². The molecule has 3 aliphatic rings. The van der Waals surface area contributed by atoms with Gasteiger partial charge < -0.3 is 10.0 Å². The van der Waals surface area contributed by atoms with E-state index in [2.05, 4.69) is 39.0 Å². The molecule has 1 aliphatic heterocycles. The molecular formula is C40H49FN6O4. The van der Waals surface area contributed by atoms with Gasteiger partial charge in [-0.05, 0) is 94.2 Å². The largest absolute Gasteiger partial charge is 0.465 e. The van der Waals surface area contributed by atoms with Gasteiger partial charge in [0.05, 0.1) is 17.3 Å². The van der Waals surface area contributed by atoms with Crippen LogP contribution in [0.5, 0.6) is 0 Å². The van der Waals surface area contributed by atoms with Gasteiger partial charge in [0.1, 0.15) is 5.82 Å². The number of rotatable bonds is 7. The summed E-state index contributed by atoms with van der Waals surface area (Å²) in [6, 6.07) is 17.3. The number of aromatic nitrogens is 3. The molecule has 0 atom stereocenters. The first-order valence-electron chi connectivity index (χ1n) is 18.5. The second kappa shape index (κ2) is 14.3. The lowest BCUT2D eigenvalue weighted by Crippen LogP contribution is -2.53. The second-order valence-electron chi connectivity index (χ2n) is 15.6. The Morgan fingerprint density at radius 3 is 2.22 bits per heavy atom. The van der Waals surface area contributed by atoms with Crippen molar-refractivity contribution in [1.82, 2.24) is 28.8 Å². The molecule has 2 aliphatic carbocycles. The average Bonchev–Trinajstić information content (AvgIpc) is 3.65. The summed E-state index contributed by atoms with van der Waals surface area (Å²) in [4.78, 5) is 51.2. The third kappa shape index (κ3) is 7.23. The Hall–Kier alpha value is -4.35. The fourth-order valence-corrected chi connectivity index (χ4v) is 8.74. The van der Waals surface area contributed by atoms with Crippen molar-refractivity contribution in [2.75, 3.05) is 26.2 Å². The van der Waals surface area contributed by atoms with E-state index >= 15 is 0 Å². The Morgan fingerprint density at radius 1 is 0.882 bits per heavy atom. The van der Waals surface area contributed by atoms with Gasteiger partial charge in [-0.1, -0.05) is 49.2 Å². The number of amides is 1. The molecule has 0 bridgehead atoms. The molecule has 7 rings (SSSR count). The van der Waals surface area contributed by atoms with Crippen LogP contribution in [-0.4, -0.2) is 83.8 Å². The lowest BCUT2D eigenvalue weighted by Gasteiger charge is -2.42. The quantitative estimate of drug-likeness (QED) is 0.230. The van der Waals surface area contributed by atoms with Crippen LogP contribution >= 0.6 is 0 Å². The van der Waals surface area contributed by atoms with Crippen LogP contribution < -0.4 is 11.2 Å². The summed E-state index contributed by atoms with van der Waals surface area (Å²) >= 11 is 0. The molecule has 270 valence electrons. The molecule has 11 heteroatoms. The van der Waals surface area contributed by atoms with Gasteiger partial charge in [0.15, 0.2) is 5.65 Å². The van der Waals surface area contributed by atoms with Crippen LogP contribution in [-0.2, 0) is 6.54 Å². The topological polar surface area (TPSA) is 104 Å². The first kappa shape index (κ1) is 35.1. The van der Waals surface area contributed by atoms with Crippen molar-refractivity contribution in [3.05, 3.63) is 93.0 Å². The number of hydrogen-bond acceptors (Lipinski definition) is 6. The molecule has 2 aromatic heterocycles. The van der Waals surface area contributed by atoms with Crippen LogP contribution in [0.25, 0.3) is 27.8 Å². The summed E-state index contributed by atoms with van der Waals surface area (Å²) in [6.07, 6.45) is 7.35. The highest BCUT2D eigenvalue weighted by Gasteiger charge is 2.37. The highest BCUT2D eigenvalue weighted by Crippen LogP contribution is 2.34. The normalized spacial score (nSPS) is 20.9. The minimum Gasteiger partial charge on any atom is -0.465 e. The molecule has 2 saturated carbocycles. The van der Waals surface area contributed by atoms with E-state index in [0.717, 1.165) is 62.2 Å². The van der Waals surface area contributed by atoms with Gasteiger partial charge in [-0.15, -0.1) is 0 Å².